The summed E-state index contributed by atoms with van der Waals surface area (Å²) in [5.74, 6) is 0.945. The van der Waals surface area contributed by atoms with E-state index in [-0.39, 0.29) is 0 Å². The minimum absolute atomic E-state index is 0.740. The van der Waals surface area contributed by atoms with E-state index in [1.165, 1.54) is 11.1 Å². The average molecular weight is 331 g/mol. The minimum Gasteiger partial charge on any atom is -0.494 e. The topological polar surface area (TPSA) is 12.5 Å². The summed E-state index contributed by atoms with van der Waals surface area (Å²) in [6.45, 7) is 3.67. The van der Waals surface area contributed by atoms with Crippen molar-refractivity contribution in [3.8, 4) is 5.75 Å². The summed E-state index contributed by atoms with van der Waals surface area (Å²) in [7, 11) is 0. The highest BCUT2D eigenvalue weighted by Crippen LogP contribution is 2.12. The molecular weight excluding hydrogens is 306 g/mol. The first-order valence-electron chi connectivity index (χ1n) is 8.88. The van der Waals surface area contributed by atoms with E-state index in [1.807, 2.05) is 30.3 Å². The molecule has 0 saturated carbocycles. The second kappa shape index (κ2) is 9.65. The quantitative estimate of drug-likeness (QED) is 0.502. The van der Waals surface area contributed by atoms with Gasteiger partial charge in [-0.1, -0.05) is 78.9 Å². The Labute approximate surface area is 150 Å². The van der Waals surface area contributed by atoms with Crippen molar-refractivity contribution >= 4 is 0 Å². The van der Waals surface area contributed by atoms with Gasteiger partial charge >= 0.3 is 0 Å². The molecule has 0 bridgehead atoms. The molecular formula is C23H25NO. The Morgan fingerprint density at radius 3 is 1.60 bits per heavy atom. The second-order valence-corrected chi connectivity index (χ2v) is 6.20. The molecule has 0 aliphatic carbocycles. The molecule has 0 aliphatic heterocycles. The zero-order valence-corrected chi connectivity index (χ0v) is 14.6. The van der Waals surface area contributed by atoms with Crippen molar-refractivity contribution < 1.29 is 4.74 Å². The third kappa shape index (κ3) is 6.09. The standard InChI is InChI=1S/C23H25NO/c1-4-11-21(12-5-1)19-24(20-22-13-6-2-7-14-22)17-10-18-25-23-15-8-3-9-16-23/h1-9,11-16H,10,17-20H2. The summed E-state index contributed by atoms with van der Waals surface area (Å²) in [4.78, 5) is 2.49. The molecule has 0 fully saturated rings. The van der Waals surface area contributed by atoms with E-state index < -0.39 is 0 Å². The summed E-state index contributed by atoms with van der Waals surface area (Å²) in [5.41, 5.74) is 2.70. The van der Waals surface area contributed by atoms with Crippen molar-refractivity contribution in [1.29, 1.82) is 0 Å². The van der Waals surface area contributed by atoms with Crippen LogP contribution in [0.15, 0.2) is 91.0 Å². The van der Waals surface area contributed by atoms with Gasteiger partial charge in [0.05, 0.1) is 6.61 Å². The lowest BCUT2D eigenvalue weighted by Gasteiger charge is -2.22. The summed E-state index contributed by atoms with van der Waals surface area (Å²) in [5, 5.41) is 0. The van der Waals surface area contributed by atoms with Gasteiger partial charge in [-0.05, 0) is 29.7 Å². The van der Waals surface area contributed by atoms with E-state index >= 15 is 0 Å². The van der Waals surface area contributed by atoms with Crippen LogP contribution >= 0.6 is 0 Å². The fourth-order valence-corrected chi connectivity index (χ4v) is 2.89. The molecule has 0 unspecified atom stereocenters. The van der Waals surface area contributed by atoms with Crippen LogP contribution in [0, 0.1) is 0 Å². The van der Waals surface area contributed by atoms with E-state index in [0.717, 1.165) is 38.4 Å². The van der Waals surface area contributed by atoms with Crippen molar-refractivity contribution in [3.63, 3.8) is 0 Å². The number of nitrogens with zero attached hydrogens (tertiary/aromatic N) is 1. The smallest absolute Gasteiger partial charge is 0.119 e. The number of rotatable bonds is 9. The molecule has 2 heteroatoms. The highest BCUT2D eigenvalue weighted by molar-refractivity contribution is 5.21. The summed E-state index contributed by atoms with van der Waals surface area (Å²) in [6, 6.07) is 31.4. The molecule has 3 aromatic rings. The maximum atomic E-state index is 5.83. The predicted octanol–water partition coefficient (Wildman–Crippen LogP) is 5.16. The van der Waals surface area contributed by atoms with Gasteiger partial charge in [0, 0.05) is 19.6 Å². The lowest BCUT2D eigenvalue weighted by molar-refractivity contribution is 0.221. The Bertz CT molecular complexity index is 671. The van der Waals surface area contributed by atoms with Crippen LogP contribution < -0.4 is 4.74 Å². The first kappa shape index (κ1) is 17.2. The van der Waals surface area contributed by atoms with Crippen LogP contribution in [0.5, 0.6) is 5.75 Å². The van der Waals surface area contributed by atoms with Crippen LogP contribution in [0.3, 0.4) is 0 Å². The molecule has 25 heavy (non-hydrogen) atoms. The van der Waals surface area contributed by atoms with E-state index in [0.29, 0.717) is 0 Å². The number of hydrogen-bond donors (Lipinski definition) is 0. The number of ether oxygens (including phenoxy) is 1. The molecule has 0 aliphatic rings. The van der Waals surface area contributed by atoms with Crippen molar-refractivity contribution in [2.75, 3.05) is 13.2 Å². The lowest BCUT2D eigenvalue weighted by atomic mass is 10.1. The summed E-state index contributed by atoms with van der Waals surface area (Å²) >= 11 is 0. The van der Waals surface area contributed by atoms with Crippen molar-refractivity contribution in [2.45, 2.75) is 19.5 Å². The van der Waals surface area contributed by atoms with Crippen molar-refractivity contribution in [2.24, 2.45) is 0 Å². The Morgan fingerprint density at radius 1 is 0.600 bits per heavy atom. The summed E-state index contributed by atoms with van der Waals surface area (Å²) in [6.07, 6.45) is 1.01. The highest BCUT2D eigenvalue weighted by atomic mass is 16.5. The fourth-order valence-electron chi connectivity index (χ4n) is 2.89. The van der Waals surface area contributed by atoms with Crippen LogP contribution in [0.25, 0.3) is 0 Å². The third-order valence-electron chi connectivity index (χ3n) is 4.13. The minimum atomic E-state index is 0.740. The van der Waals surface area contributed by atoms with Gasteiger partial charge in [0.1, 0.15) is 5.75 Å². The van der Waals surface area contributed by atoms with Crippen molar-refractivity contribution in [1.82, 2.24) is 4.90 Å². The van der Waals surface area contributed by atoms with Gasteiger partial charge in [-0.2, -0.15) is 0 Å². The Hall–Kier alpha value is -2.58. The molecule has 3 rings (SSSR count). The lowest BCUT2D eigenvalue weighted by Crippen LogP contribution is -2.25. The van der Waals surface area contributed by atoms with E-state index in [2.05, 4.69) is 65.6 Å². The Kier molecular flexibility index (Phi) is 6.66. The van der Waals surface area contributed by atoms with Crippen LogP contribution in [0.1, 0.15) is 17.5 Å². The molecule has 0 saturated heterocycles. The normalized spacial score (nSPS) is 10.8. The molecule has 2 nitrogen and oxygen atoms in total. The second-order valence-electron chi connectivity index (χ2n) is 6.20. The zero-order chi connectivity index (χ0) is 17.2. The van der Waals surface area contributed by atoms with Gasteiger partial charge in [0.25, 0.3) is 0 Å². The van der Waals surface area contributed by atoms with Crippen LogP contribution in [-0.4, -0.2) is 18.1 Å². The SMILES string of the molecule is c1ccc(CN(CCCOc2ccccc2)Cc2ccccc2)cc1. The first-order chi connectivity index (χ1) is 12.4. The van der Waals surface area contributed by atoms with E-state index in [4.69, 9.17) is 4.74 Å². The molecule has 128 valence electrons. The van der Waals surface area contributed by atoms with Crippen LogP contribution in [-0.2, 0) is 13.1 Å². The largest absolute Gasteiger partial charge is 0.494 e. The molecule has 3 aromatic carbocycles. The Balaban J connectivity index is 1.54. The van der Waals surface area contributed by atoms with Gasteiger partial charge in [-0.25, -0.2) is 0 Å². The molecule has 0 amide bonds. The van der Waals surface area contributed by atoms with E-state index in [1.54, 1.807) is 0 Å². The predicted molar refractivity (Wildman–Crippen MR) is 104 cm³/mol. The maximum Gasteiger partial charge on any atom is 0.119 e. The monoisotopic (exact) mass is 331 g/mol. The van der Waals surface area contributed by atoms with Crippen LogP contribution in [0.4, 0.5) is 0 Å². The van der Waals surface area contributed by atoms with Gasteiger partial charge in [0.2, 0.25) is 0 Å². The number of benzene rings is 3. The maximum absolute atomic E-state index is 5.83. The third-order valence-corrected chi connectivity index (χ3v) is 4.13. The molecule has 0 radical (unpaired) electrons. The number of hydrogen-bond acceptors (Lipinski definition) is 2. The first-order valence-corrected chi connectivity index (χ1v) is 8.88. The average Bonchev–Trinajstić information content (AvgIpc) is 2.67. The molecule has 0 atom stereocenters. The number of para-hydroxylation sites is 1. The van der Waals surface area contributed by atoms with Crippen molar-refractivity contribution in [3.05, 3.63) is 102 Å². The zero-order valence-electron chi connectivity index (χ0n) is 14.6. The van der Waals surface area contributed by atoms with Crippen LogP contribution in [0.2, 0.25) is 0 Å². The van der Waals surface area contributed by atoms with E-state index in [9.17, 15) is 0 Å². The molecule has 0 aromatic heterocycles. The Morgan fingerprint density at radius 2 is 1.08 bits per heavy atom. The molecule has 0 spiro atoms. The summed E-state index contributed by atoms with van der Waals surface area (Å²) < 4.78 is 5.83. The van der Waals surface area contributed by atoms with Gasteiger partial charge in [-0.15, -0.1) is 0 Å². The fraction of sp³-hybridized carbons (Fsp3) is 0.217. The van der Waals surface area contributed by atoms with Gasteiger partial charge < -0.3 is 4.74 Å². The van der Waals surface area contributed by atoms with Gasteiger partial charge in [-0.3, -0.25) is 4.90 Å². The highest BCUT2D eigenvalue weighted by Gasteiger charge is 2.07. The van der Waals surface area contributed by atoms with Gasteiger partial charge in [0.15, 0.2) is 0 Å². The molecule has 0 N–H and O–H groups in total. The molecule has 0 heterocycles.